The fraction of sp³-hybridized carbons (Fsp3) is 0.618. The summed E-state index contributed by atoms with van der Waals surface area (Å²) in [6.45, 7) is 7.88. The lowest BCUT2D eigenvalue weighted by atomic mass is 9.79. The Morgan fingerprint density at radius 2 is 1.76 bits per heavy atom. The monoisotopic (exact) mass is 624 g/mol. The van der Waals surface area contributed by atoms with Crippen molar-refractivity contribution in [2.75, 3.05) is 11.9 Å². The maximum atomic E-state index is 15.7. The summed E-state index contributed by atoms with van der Waals surface area (Å²) in [4.78, 5) is 51.9. The Morgan fingerprint density at radius 1 is 1.04 bits per heavy atom. The van der Waals surface area contributed by atoms with Crippen LogP contribution in [-0.2, 0) is 20.9 Å². The third-order valence-corrected chi connectivity index (χ3v) is 9.60. The summed E-state index contributed by atoms with van der Waals surface area (Å²) >= 11 is 0. The van der Waals surface area contributed by atoms with Crippen LogP contribution in [0, 0.1) is 17.7 Å². The van der Waals surface area contributed by atoms with Crippen LogP contribution in [0.3, 0.4) is 0 Å². The number of hydrogen-bond acceptors (Lipinski definition) is 6. The van der Waals surface area contributed by atoms with Gasteiger partial charge < -0.3 is 26.1 Å². The molecule has 4 N–H and O–H groups in total. The number of aryl methyl sites for hydroxylation is 1. The highest BCUT2D eigenvalue weighted by atomic mass is 19.1. The Labute approximate surface area is 265 Å². The van der Waals surface area contributed by atoms with Gasteiger partial charge in [0.2, 0.25) is 11.8 Å². The van der Waals surface area contributed by atoms with Crippen molar-refractivity contribution in [1.82, 2.24) is 25.7 Å². The number of amides is 3. The predicted molar refractivity (Wildman–Crippen MR) is 171 cm³/mol. The minimum Gasteiger partial charge on any atom is -0.380 e. The molecule has 11 heteroatoms. The lowest BCUT2D eigenvalue weighted by Crippen LogP contribution is -2.59. The lowest BCUT2D eigenvalue weighted by Gasteiger charge is -2.37. The number of aldehydes is 1. The van der Waals surface area contributed by atoms with E-state index in [0.29, 0.717) is 23.7 Å². The van der Waals surface area contributed by atoms with Crippen LogP contribution in [-0.4, -0.2) is 58.0 Å². The third kappa shape index (κ3) is 8.49. The van der Waals surface area contributed by atoms with E-state index in [1.54, 1.807) is 42.9 Å². The number of carbonyl (C=O) groups is 4. The fourth-order valence-electron chi connectivity index (χ4n) is 6.42. The minimum absolute atomic E-state index is 0.00334. The molecule has 2 saturated carbocycles. The summed E-state index contributed by atoms with van der Waals surface area (Å²) in [5, 5.41) is 16.2. The van der Waals surface area contributed by atoms with Gasteiger partial charge in [0.1, 0.15) is 29.4 Å². The molecule has 0 radical (unpaired) electrons. The van der Waals surface area contributed by atoms with Crippen LogP contribution < -0.4 is 21.3 Å². The molecule has 2 aliphatic carbocycles. The van der Waals surface area contributed by atoms with E-state index >= 15 is 4.39 Å². The molecule has 0 bridgehead atoms. The second kappa shape index (κ2) is 15.5. The molecule has 0 saturated heterocycles. The van der Waals surface area contributed by atoms with E-state index in [1.165, 1.54) is 6.07 Å². The average Bonchev–Trinajstić information content (AvgIpc) is 3.84. The van der Waals surface area contributed by atoms with Gasteiger partial charge in [-0.05, 0) is 75.1 Å². The molecular weight excluding hydrogens is 575 g/mol. The van der Waals surface area contributed by atoms with Crippen LogP contribution in [0.15, 0.2) is 30.5 Å². The second-order valence-electron chi connectivity index (χ2n) is 12.7. The molecule has 45 heavy (non-hydrogen) atoms. The number of carbonyl (C=O) groups excluding carboxylic acids is 4. The molecule has 2 fully saturated rings. The van der Waals surface area contributed by atoms with Gasteiger partial charge >= 0.3 is 0 Å². The maximum Gasteiger partial charge on any atom is 0.270 e. The van der Waals surface area contributed by atoms with Crippen molar-refractivity contribution < 1.29 is 23.6 Å². The molecular formula is C34H49FN6O4. The molecule has 3 amide bonds. The smallest absolute Gasteiger partial charge is 0.270 e. The molecule has 0 unspecified atom stereocenters. The number of hydrogen-bond donors (Lipinski definition) is 4. The highest BCUT2D eigenvalue weighted by Crippen LogP contribution is 2.34. The van der Waals surface area contributed by atoms with Crippen molar-refractivity contribution in [1.29, 1.82) is 0 Å². The predicted octanol–water partition coefficient (Wildman–Crippen LogP) is 4.71. The summed E-state index contributed by atoms with van der Waals surface area (Å²) in [5.41, 5.74) is -0.156. The average molecular weight is 625 g/mol. The van der Waals surface area contributed by atoms with Crippen molar-refractivity contribution in [3.63, 3.8) is 0 Å². The van der Waals surface area contributed by atoms with Gasteiger partial charge in [-0.1, -0.05) is 45.6 Å². The number of nitrogens with zero attached hydrogens (tertiary/aromatic N) is 2. The normalized spacial score (nSPS) is 18.9. The van der Waals surface area contributed by atoms with Crippen molar-refractivity contribution in [2.24, 2.45) is 11.8 Å². The molecule has 10 nitrogen and oxygen atoms in total. The van der Waals surface area contributed by atoms with Gasteiger partial charge in [-0.2, -0.15) is 5.10 Å². The lowest BCUT2D eigenvalue weighted by molar-refractivity contribution is -0.129. The zero-order chi connectivity index (χ0) is 32.6. The minimum atomic E-state index is -1.26. The Bertz CT molecular complexity index is 1340. The molecule has 0 spiro atoms. The standard InChI is InChI=1S/C34H49FN6O4/c1-5-30(43)39-31(33(45)38-23(4)24-13-14-24)22(3)25-15-16-28(27(35)19-25)36-20-34(21-42,26-11-9-7-8-10-12-26)40-32(44)29-17-18-37-41(29)6-2/h15-19,21-24,26,31,36H,5-14,20H2,1-4H3,(H,38,45)(H,39,43)(H,40,44)/t22-,23-,31+,34+/m0/s1. The number of aromatic nitrogens is 2. The third-order valence-electron chi connectivity index (χ3n) is 9.60. The molecule has 4 rings (SSSR count). The van der Waals surface area contributed by atoms with Crippen molar-refractivity contribution in [3.05, 3.63) is 47.5 Å². The van der Waals surface area contributed by atoms with E-state index in [4.69, 9.17) is 0 Å². The first-order valence-corrected chi connectivity index (χ1v) is 16.6. The summed E-state index contributed by atoms with van der Waals surface area (Å²) < 4.78 is 17.2. The van der Waals surface area contributed by atoms with E-state index in [-0.39, 0.29) is 42.4 Å². The maximum absolute atomic E-state index is 15.7. The molecule has 1 aromatic carbocycles. The van der Waals surface area contributed by atoms with Gasteiger partial charge in [-0.3, -0.25) is 19.1 Å². The number of anilines is 1. The summed E-state index contributed by atoms with van der Waals surface area (Å²) in [5.74, 6) is -1.66. The molecule has 0 aliphatic heterocycles. The molecule has 2 aromatic rings. The second-order valence-corrected chi connectivity index (χ2v) is 12.7. The summed E-state index contributed by atoms with van der Waals surface area (Å²) in [6.07, 6.45) is 10.3. The number of halogens is 1. The van der Waals surface area contributed by atoms with Crippen LogP contribution in [0.4, 0.5) is 10.1 Å². The van der Waals surface area contributed by atoms with Crippen LogP contribution in [0.5, 0.6) is 0 Å². The number of rotatable bonds is 15. The van der Waals surface area contributed by atoms with Gasteiger partial charge in [0.25, 0.3) is 5.91 Å². The first-order chi connectivity index (χ1) is 21.6. The Hall–Kier alpha value is -3.76. The number of benzene rings is 1. The van der Waals surface area contributed by atoms with Gasteiger partial charge in [0.15, 0.2) is 0 Å². The molecule has 2 aliphatic rings. The summed E-state index contributed by atoms with van der Waals surface area (Å²) in [6, 6.07) is 5.44. The largest absolute Gasteiger partial charge is 0.380 e. The van der Waals surface area contributed by atoms with E-state index in [0.717, 1.165) is 57.7 Å². The van der Waals surface area contributed by atoms with E-state index in [9.17, 15) is 19.2 Å². The van der Waals surface area contributed by atoms with Crippen LogP contribution in [0.25, 0.3) is 0 Å². The van der Waals surface area contributed by atoms with Crippen molar-refractivity contribution in [3.8, 4) is 0 Å². The zero-order valence-corrected chi connectivity index (χ0v) is 27.0. The molecule has 4 atom stereocenters. The van der Waals surface area contributed by atoms with Gasteiger partial charge in [-0.15, -0.1) is 0 Å². The Kier molecular flexibility index (Phi) is 11.7. The van der Waals surface area contributed by atoms with Crippen LogP contribution in [0.1, 0.15) is 107 Å². The first kappa shape index (κ1) is 34.1. The number of nitrogens with one attached hydrogen (secondary N) is 4. The highest BCUT2D eigenvalue weighted by Gasteiger charge is 2.41. The Morgan fingerprint density at radius 3 is 2.36 bits per heavy atom. The van der Waals surface area contributed by atoms with E-state index in [1.807, 2.05) is 13.8 Å². The SMILES string of the molecule is CCC(=O)N[C@@H](C(=O)N[C@@H](C)C1CC1)[C@@H](C)c1ccc(NC[C@](C=O)(NC(=O)c2ccnn2CC)C2CCCCCC2)c(F)c1. The van der Waals surface area contributed by atoms with E-state index in [2.05, 4.69) is 26.4 Å². The van der Waals surface area contributed by atoms with E-state index < -0.39 is 29.2 Å². The Balaban J connectivity index is 1.54. The molecule has 1 heterocycles. The molecule has 1 aromatic heterocycles. The quantitative estimate of drug-likeness (QED) is 0.168. The molecule has 246 valence electrons. The van der Waals surface area contributed by atoms with Gasteiger partial charge in [-0.25, -0.2) is 4.39 Å². The fourth-order valence-corrected chi connectivity index (χ4v) is 6.42. The topological polar surface area (TPSA) is 134 Å². The zero-order valence-electron chi connectivity index (χ0n) is 27.0. The van der Waals surface area contributed by atoms with Crippen molar-refractivity contribution in [2.45, 2.75) is 116 Å². The summed E-state index contributed by atoms with van der Waals surface area (Å²) in [7, 11) is 0. The first-order valence-electron chi connectivity index (χ1n) is 16.6. The van der Waals surface area contributed by atoms with Gasteiger partial charge in [0.05, 0.1) is 5.69 Å². The van der Waals surface area contributed by atoms with Crippen LogP contribution in [0.2, 0.25) is 0 Å². The van der Waals surface area contributed by atoms with Crippen molar-refractivity contribution >= 4 is 29.7 Å². The highest BCUT2D eigenvalue weighted by molar-refractivity contribution is 5.95. The van der Waals surface area contributed by atoms with Crippen LogP contribution >= 0.6 is 0 Å². The van der Waals surface area contributed by atoms with Gasteiger partial charge in [0, 0.05) is 37.7 Å².